The molecule has 19 heavy (non-hydrogen) atoms. The molecule has 1 fully saturated rings. The predicted molar refractivity (Wildman–Crippen MR) is 73.4 cm³/mol. The molecule has 2 N–H and O–H groups in total. The molecular formula is C13H22N4O2. The average molecular weight is 266 g/mol. The summed E-state index contributed by atoms with van der Waals surface area (Å²) in [6.45, 7) is 3.32. The highest BCUT2D eigenvalue weighted by atomic mass is 16.5. The van der Waals surface area contributed by atoms with E-state index in [0.717, 1.165) is 44.9 Å². The van der Waals surface area contributed by atoms with Crippen LogP contribution in [0.5, 0.6) is 5.75 Å². The fourth-order valence-corrected chi connectivity index (χ4v) is 2.13. The number of nitrogens with zero attached hydrogens (tertiary/aromatic N) is 3. The van der Waals surface area contributed by atoms with Crippen molar-refractivity contribution in [2.75, 3.05) is 38.3 Å². The Morgan fingerprint density at radius 2 is 2.00 bits per heavy atom. The minimum atomic E-state index is 0.348. The Hall–Kier alpha value is -1.40. The summed E-state index contributed by atoms with van der Waals surface area (Å²) in [4.78, 5) is 10.8. The highest BCUT2D eigenvalue weighted by Crippen LogP contribution is 2.19. The molecule has 0 atom stereocenters. The van der Waals surface area contributed by atoms with Crippen LogP contribution >= 0.6 is 0 Å². The van der Waals surface area contributed by atoms with Crippen molar-refractivity contribution in [2.45, 2.75) is 25.4 Å². The van der Waals surface area contributed by atoms with Crippen LogP contribution in [0.2, 0.25) is 0 Å². The van der Waals surface area contributed by atoms with E-state index in [9.17, 15) is 0 Å². The highest BCUT2D eigenvalue weighted by molar-refractivity contribution is 5.31. The van der Waals surface area contributed by atoms with E-state index in [4.69, 9.17) is 15.2 Å². The molecule has 0 spiro atoms. The van der Waals surface area contributed by atoms with Gasteiger partial charge in [0.2, 0.25) is 5.95 Å². The first-order valence-electron chi connectivity index (χ1n) is 6.76. The van der Waals surface area contributed by atoms with Gasteiger partial charge in [-0.15, -0.1) is 0 Å². The molecule has 1 saturated heterocycles. The summed E-state index contributed by atoms with van der Waals surface area (Å²) >= 11 is 0. The first-order valence-corrected chi connectivity index (χ1v) is 6.76. The van der Waals surface area contributed by atoms with Crippen molar-refractivity contribution >= 4 is 5.95 Å². The Bertz CT molecular complexity index is 363. The molecule has 1 aromatic rings. The highest BCUT2D eigenvalue weighted by Gasteiger charge is 2.21. The Morgan fingerprint density at radius 3 is 2.58 bits per heavy atom. The summed E-state index contributed by atoms with van der Waals surface area (Å²) < 4.78 is 10.8. The predicted octanol–water partition coefficient (Wildman–Crippen LogP) is 0.819. The standard InChI is InChI=1S/C13H22N4O2/c1-18-12-9-15-13(16-10-12)17-6-3-11(4-7-17)19-8-2-5-14/h9-11H,2-8,14H2,1H3. The summed E-state index contributed by atoms with van der Waals surface area (Å²) in [7, 11) is 1.61. The first-order chi connectivity index (χ1) is 9.33. The Morgan fingerprint density at radius 1 is 1.32 bits per heavy atom. The topological polar surface area (TPSA) is 73.5 Å². The molecule has 1 aliphatic rings. The minimum Gasteiger partial charge on any atom is -0.494 e. The van der Waals surface area contributed by atoms with Crippen molar-refractivity contribution < 1.29 is 9.47 Å². The number of ether oxygens (including phenoxy) is 2. The minimum absolute atomic E-state index is 0.348. The second kappa shape index (κ2) is 7.25. The van der Waals surface area contributed by atoms with Gasteiger partial charge in [-0.1, -0.05) is 0 Å². The number of rotatable bonds is 6. The van der Waals surface area contributed by atoms with Gasteiger partial charge in [0.25, 0.3) is 0 Å². The second-order valence-corrected chi connectivity index (χ2v) is 4.62. The molecule has 0 amide bonds. The van der Waals surface area contributed by atoms with Crippen LogP contribution in [-0.4, -0.2) is 49.4 Å². The van der Waals surface area contributed by atoms with Gasteiger partial charge >= 0.3 is 0 Å². The summed E-state index contributed by atoms with van der Waals surface area (Å²) in [5, 5.41) is 0. The van der Waals surface area contributed by atoms with E-state index < -0.39 is 0 Å². The molecule has 6 heteroatoms. The molecule has 0 aliphatic carbocycles. The third-order valence-electron chi connectivity index (χ3n) is 3.28. The summed E-state index contributed by atoms with van der Waals surface area (Å²) in [5.41, 5.74) is 5.45. The van der Waals surface area contributed by atoms with Gasteiger partial charge in [0.1, 0.15) is 0 Å². The molecule has 6 nitrogen and oxygen atoms in total. The number of hydrogen-bond donors (Lipinski definition) is 1. The molecule has 2 heterocycles. The van der Waals surface area contributed by atoms with E-state index in [1.54, 1.807) is 19.5 Å². The lowest BCUT2D eigenvalue weighted by Gasteiger charge is -2.31. The van der Waals surface area contributed by atoms with Crippen LogP contribution in [0.3, 0.4) is 0 Å². The van der Waals surface area contributed by atoms with Crippen molar-refractivity contribution in [2.24, 2.45) is 5.73 Å². The summed E-state index contributed by atoms with van der Waals surface area (Å²) in [6.07, 6.45) is 6.71. The van der Waals surface area contributed by atoms with Gasteiger partial charge in [-0.05, 0) is 25.8 Å². The second-order valence-electron chi connectivity index (χ2n) is 4.62. The lowest BCUT2D eigenvalue weighted by Crippen LogP contribution is -2.38. The van der Waals surface area contributed by atoms with Crippen LogP contribution in [0.4, 0.5) is 5.95 Å². The van der Waals surface area contributed by atoms with E-state index in [-0.39, 0.29) is 0 Å². The maximum Gasteiger partial charge on any atom is 0.225 e. The number of hydrogen-bond acceptors (Lipinski definition) is 6. The fourth-order valence-electron chi connectivity index (χ4n) is 2.13. The number of methoxy groups -OCH3 is 1. The average Bonchev–Trinajstić information content (AvgIpc) is 2.48. The molecule has 2 rings (SSSR count). The zero-order valence-corrected chi connectivity index (χ0v) is 11.4. The third-order valence-corrected chi connectivity index (χ3v) is 3.28. The maximum absolute atomic E-state index is 5.78. The van der Waals surface area contributed by atoms with Crippen LogP contribution in [0.15, 0.2) is 12.4 Å². The van der Waals surface area contributed by atoms with Crippen molar-refractivity contribution in [3.05, 3.63) is 12.4 Å². The zero-order valence-electron chi connectivity index (χ0n) is 11.4. The zero-order chi connectivity index (χ0) is 13.5. The number of aromatic nitrogens is 2. The van der Waals surface area contributed by atoms with Gasteiger partial charge in [-0.25, -0.2) is 9.97 Å². The fraction of sp³-hybridized carbons (Fsp3) is 0.692. The van der Waals surface area contributed by atoms with E-state index in [2.05, 4.69) is 14.9 Å². The van der Waals surface area contributed by atoms with Gasteiger partial charge in [0, 0.05) is 19.7 Å². The molecular weight excluding hydrogens is 244 g/mol. The van der Waals surface area contributed by atoms with Gasteiger partial charge in [0.05, 0.1) is 25.6 Å². The summed E-state index contributed by atoms with van der Waals surface area (Å²) in [6, 6.07) is 0. The van der Waals surface area contributed by atoms with Crippen molar-refractivity contribution in [3.63, 3.8) is 0 Å². The molecule has 106 valence electrons. The van der Waals surface area contributed by atoms with Crippen molar-refractivity contribution in [1.29, 1.82) is 0 Å². The van der Waals surface area contributed by atoms with Gasteiger partial charge < -0.3 is 20.1 Å². The molecule has 1 aliphatic heterocycles. The molecule has 0 radical (unpaired) electrons. The lowest BCUT2D eigenvalue weighted by molar-refractivity contribution is 0.0364. The molecule has 1 aromatic heterocycles. The van der Waals surface area contributed by atoms with Gasteiger partial charge in [-0.2, -0.15) is 0 Å². The monoisotopic (exact) mass is 266 g/mol. The van der Waals surface area contributed by atoms with Crippen LogP contribution < -0.4 is 15.4 Å². The van der Waals surface area contributed by atoms with Gasteiger partial charge in [0.15, 0.2) is 5.75 Å². The number of anilines is 1. The largest absolute Gasteiger partial charge is 0.494 e. The Labute approximate surface area is 113 Å². The molecule has 0 saturated carbocycles. The Kier molecular flexibility index (Phi) is 5.35. The molecule has 0 unspecified atom stereocenters. The van der Waals surface area contributed by atoms with Crippen LogP contribution in [0, 0.1) is 0 Å². The number of nitrogens with two attached hydrogens (primary N) is 1. The van der Waals surface area contributed by atoms with E-state index in [1.807, 2.05) is 0 Å². The quantitative estimate of drug-likeness (QED) is 0.768. The van der Waals surface area contributed by atoms with E-state index >= 15 is 0 Å². The molecule has 0 aromatic carbocycles. The molecule has 0 bridgehead atoms. The first kappa shape index (κ1) is 14.0. The lowest BCUT2D eigenvalue weighted by atomic mass is 10.1. The van der Waals surface area contributed by atoms with E-state index in [1.165, 1.54) is 0 Å². The SMILES string of the molecule is COc1cnc(N2CCC(OCCCN)CC2)nc1. The van der Waals surface area contributed by atoms with Crippen molar-refractivity contribution in [3.8, 4) is 5.75 Å². The number of piperidine rings is 1. The van der Waals surface area contributed by atoms with Crippen molar-refractivity contribution in [1.82, 2.24) is 9.97 Å². The Balaban J connectivity index is 1.78. The maximum atomic E-state index is 5.78. The van der Waals surface area contributed by atoms with Crippen LogP contribution in [0.25, 0.3) is 0 Å². The van der Waals surface area contributed by atoms with E-state index in [0.29, 0.717) is 18.4 Å². The third kappa shape index (κ3) is 4.04. The van der Waals surface area contributed by atoms with Gasteiger partial charge in [-0.3, -0.25) is 0 Å². The normalized spacial score (nSPS) is 16.6. The summed E-state index contributed by atoms with van der Waals surface area (Å²) in [5.74, 6) is 1.45. The van der Waals surface area contributed by atoms with Crippen LogP contribution in [-0.2, 0) is 4.74 Å². The smallest absolute Gasteiger partial charge is 0.225 e. The van der Waals surface area contributed by atoms with Crippen LogP contribution in [0.1, 0.15) is 19.3 Å².